The third-order valence-corrected chi connectivity index (χ3v) is 7.36. The van der Waals surface area contributed by atoms with Crippen LogP contribution in [0.2, 0.25) is 0 Å². The number of rotatable bonds is 9. The van der Waals surface area contributed by atoms with Crippen molar-refractivity contribution in [1.29, 1.82) is 0 Å². The first-order chi connectivity index (χ1) is 14.0. The Morgan fingerprint density at radius 2 is 1.90 bits per heavy atom. The molecule has 164 valence electrons. The second-order valence-corrected chi connectivity index (χ2v) is 11.1. The molecule has 2 aromatic rings. The fraction of sp³-hybridized carbons (Fsp3) is 0.720. The molecule has 0 unspecified atom stereocenters. The fourth-order valence-corrected chi connectivity index (χ4v) is 5.04. The maximum atomic E-state index is 12.6. The Labute approximate surface area is 180 Å². The number of hydrogen-bond acceptors (Lipinski definition) is 4. The maximum absolute atomic E-state index is 12.6. The van der Waals surface area contributed by atoms with Crippen molar-refractivity contribution in [2.75, 3.05) is 0 Å². The predicted octanol–water partition coefficient (Wildman–Crippen LogP) is 5.28. The number of imidazole rings is 1. The fourth-order valence-electron chi connectivity index (χ4n) is 5.04. The highest BCUT2D eigenvalue weighted by molar-refractivity contribution is 5.79. The highest BCUT2D eigenvalue weighted by Crippen LogP contribution is 2.47. The minimum absolute atomic E-state index is 0.0350. The number of Topliss-reactive ketones (excluding diaryl/α,β-unsaturated/α-hetero) is 1. The number of aryl methyl sites for hydroxylation is 1. The second-order valence-electron chi connectivity index (χ2n) is 11.1. The quantitative estimate of drug-likeness (QED) is 0.610. The first-order valence-corrected chi connectivity index (χ1v) is 11.6. The van der Waals surface area contributed by atoms with Gasteiger partial charge in [0.2, 0.25) is 0 Å². The lowest BCUT2D eigenvalue weighted by molar-refractivity contribution is -0.121. The molecule has 0 atom stereocenters. The topological polar surface area (TPSA) is 68.0 Å². The van der Waals surface area contributed by atoms with Crippen molar-refractivity contribution in [3.8, 4) is 0 Å². The summed E-state index contributed by atoms with van der Waals surface area (Å²) >= 11 is 0. The normalized spacial score (nSPS) is 19.1. The highest BCUT2D eigenvalue weighted by atomic mass is 16.3. The second kappa shape index (κ2) is 7.44. The zero-order valence-electron chi connectivity index (χ0n) is 19.3. The first kappa shape index (κ1) is 21.5. The molecule has 2 heterocycles. The van der Waals surface area contributed by atoms with E-state index in [9.17, 15) is 9.90 Å². The van der Waals surface area contributed by atoms with E-state index in [0.29, 0.717) is 24.3 Å². The van der Waals surface area contributed by atoms with Crippen LogP contribution in [0.15, 0.2) is 12.1 Å². The van der Waals surface area contributed by atoms with Crippen molar-refractivity contribution in [2.24, 2.45) is 11.3 Å². The van der Waals surface area contributed by atoms with E-state index in [2.05, 4.69) is 25.3 Å². The Balaban J connectivity index is 1.53. The lowest BCUT2D eigenvalue weighted by Crippen LogP contribution is -2.38. The van der Waals surface area contributed by atoms with Crippen LogP contribution < -0.4 is 0 Å². The minimum atomic E-state index is -0.981. The summed E-state index contributed by atoms with van der Waals surface area (Å²) in [6.07, 6.45) is 8.96. The number of hydrogen-bond donors (Lipinski definition) is 1. The Bertz CT molecular complexity index is 943. The molecule has 0 radical (unpaired) electrons. The molecular weight excluding hydrogens is 374 g/mol. The van der Waals surface area contributed by atoms with E-state index in [1.165, 1.54) is 19.3 Å². The molecule has 1 N–H and O–H groups in total. The van der Waals surface area contributed by atoms with Crippen LogP contribution in [-0.4, -0.2) is 25.4 Å². The van der Waals surface area contributed by atoms with Gasteiger partial charge in [0, 0.05) is 24.8 Å². The minimum Gasteiger partial charge on any atom is -0.384 e. The zero-order valence-corrected chi connectivity index (χ0v) is 19.3. The van der Waals surface area contributed by atoms with E-state index in [1.54, 1.807) is 13.8 Å². The summed E-state index contributed by atoms with van der Waals surface area (Å²) in [6, 6.07) is 3.84. The zero-order chi connectivity index (χ0) is 21.7. The molecule has 0 saturated heterocycles. The molecule has 2 aliphatic rings. The third-order valence-electron chi connectivity index (χ3n) is 7.36. The van der Waals surface area contributed by atoms with Gasteiger partial charge in [-0.15, -0.1) is 0 Å². The number of carbonyl (C=O) groups is 1. The Morgan fingerprint density at radius 3 is 2.47 bits per heavy atom. The van der Waals surface area contributed by atoms with Crippen LogP contribution in [0.5, 0.6) is 0 Å². The number of aliphatic hydroxyl groups is 1. The van der Waals surface area contributed by atoms with Crippen LogP contribution in [0, 0.1) is 11.3 Å². The van der Waals surface area contributed by atoms with E-state index >= 15 is 0 Å². The monoisotopic (exact) mass is 411 g/mol. The van der Waals surface area contributed by atoms with Crippen LogP contribution in [0.25, 0.3) is 11.2 Å². The molecule has 30 heavy (non-hydrogen) atoms. The molecule has 0 spiro atoms. The van der Waals surface area contributed by atoms with E-state index in [1.807, 2.05) is 12.1 Å². The van der Waals surface area contributed by atoms with Crippen molar-refractivity contribution >= 4 is 16.9 Å². The van der Waals surface area contributed by atoms with Crippen molar-refractivity contribution < 1.29 is 9.90 Å². The van der Waals surface area contributed by atoms with Crippen molar-refractivity contribution in [1.82, 2.24) is 14.5 Å². The van der Waals surface area contributed by atoms with E-state index in [4.69, 9.17) is 9.97 Å². The number of fused-ring (bicyclic) bond motifs is 1. The van der Waals surface area contributed by atoms with Crippen LogP contribution in [0.4, 0.5) is 0 Å². The van der Waals surface area contributed by atoms with Crippen molar-refractivity contribution in [2.45, 2.75) is 104 Å². The smallest absolute Gasteiger partial charge is 0.160 e. The van der Waals surface area contributed by atoms with Crippen LogP contribution in [0.3, 0.4) is 0 Å². The van der Waals surface area contributed by atoms with Crippen LogP contribution >= 0.6 is 0 Å². The number of pyridine rings is 1. The lowest BCUT2D eigenvalue weighted by Gasteiger charge is -2.41. The Morgan fingerprint density at radius 1 is 1.20 bits per heavy atom. The molecule has 5 heteroatoms. The van der Waals surface area contributed by atoms with E-state index < -0.39 is 5.60 Å². The number of aromatic nitrogens is 3. The molecule has 0 amide bonds. The molecule has 2 saturated carbocycles. The van der Waals surface area contributed by atoms with E-state index in [0.717, 1.165) is 48.6 Å². The summed E-state index contributed by atoms with van der Waals surface area (Å²) in [6.45, 7) is 10.3. The van der Waals surface area contributed by atoms with Gasteiger partial charge in [0.1, 0.15) is 22.7 Å². The van der Waals surface area contributed by atoms with Gasteiger partial charge in [0.05, 0.1) is 5.69 Å². The van der Waals surface area contributed by atoms with E-state index in [-0.39, 0.29) is 11.0 Å². The number of nitrogens with zero attached hydrogens (tertiary/aromatic N) is 3. The molecule has 5 nitrogen and oxygen atoms in total. The molecule has 2 aliphatic carbocycles. The standard InChI is InChI=1S/C25H37N3O2/c1-23(2,17-10-11-17)16-18(29)8-6-9-21-26-19-12-13-20(24(3,4)30)27-22(19)28(21)25(5)14-7-15-25/h12-13,17,30H,6-11,14-16H2,1-5H3. The van der Waals surface area contributed by atoms with Crippen LogP contribution in [-0.2, 0) is 22.4 Å². The van der Waals surface area contributed by atoms with Gasteiger partial charge in [0.15, 0.2) is 5.65 Å². The van der Waals surface area contributed by atoms with Gasteiger partial charge in [0.25, 0.3) is 0 Å². The van der Waals surface area contributed by atoms with Crippen molar-refractivity contribution in [3.63, 3.8) is 0 Å². The van der Waals surface area contributed by atoms with Gasteiger partial charge in [-0.25, -0.2) is 9.97 Å². The summed E-state index contributed by atoms with van der Waals surface area (Å²) < 4.78 is 2.31. The van der Waals surface area contributed by atoms with Crippen molar-refractivity contribution in [3.05, 3.63) is 23.7 Å². The molecular formula is C25H37N3O2. The largest absolute Gasteiger partial charge is 0.384 e. The first-order valence-electron chi connectivity index (χ1n) is 11.6. The molecule has 0 aromatic carbocycles. The number of carbonyl (C=O) groups excluding carboxylic acids is 1. The lowest BCUT2D eigenvalue weighted by atomic mass is 9.78. The van der Waals surface area contributed by atoms with Gasteiger partial charge >= 0.3 is 0 Å². The van der Waals surface area contributed by atoms with Gasteiger partial charge < -0.3 is 9.67 Å². The summed E-state index contributed by atoms with van der Waals surface area (Å²) in [5.74, 6) is 2.15. The third kappa shape index (κ3) is 4.18. The van der Waals surface area contributed by atoms with Gasteiger partial charge in [-0.1, -0.05) is 13.8 Å². The average Bonchev–Trinajstić information content (AvgIpc) is 3.41. The Kier molecular flexibility index (Phi) is 5.32. The molecule has 2 fully saturated rings. The number of ketones is 1. The summed E-state index contributed by atoms with van der Waals surface area (Å²) in [5, 5.41) is 10.4. The Hall–Kier alpha value is -1.75. The van der Waals surface area contributed by atoms with Gasteiger partial charge in [-0.05, 0) is 82.8 Å². The summed E-state index contributed by atoms with van der Waals surface area (Å²) in [7, 11) is 0. The molecule has 0 aliphatic heterocycles. The molecule has 2 aromatic heterocycles. The maximum Gasteiger partial charge on any atom is 0.160 e. The summed E-state index contributed by atoms with van der Waals surface area (Å²) in [4.78, 5) is 22.3. The predicted molar refractivity (Wildman–Crippen MR) is 119 cm³/mol. The average molecular weight is 412 g/mol. The van der Waals surface area contributed by atoms with Gasteiger partial charge in [-0.2, -0.15) is 0 Å². The summed E-state index contributed by atoms with van der Waals surface area (Å²) in [5.41, 5.74) is 1.63. The SMILES string of the molecule is CC(C)(O)c1ccc2nc(CCCC(=O)CC(C)(C)C3CC3)n(C3(C)CCC3)c2n1. The van der Waals surface area contributed by atoms with Gasteiger partial charge in [-0.3, -0.25) is 4.79 Å². The molecule has 4 rings (SSSR count). The van der Waals surface area contributed by atoms with Crippen LogP contribution in [0.1, 0.15) is 97.5 Å². The molecule has 0 bridgehead atoms. The highest BCUT2D eigenvalue weighted by Gasteiger charge is 2.39.